The standard InChI is InChI=1S/C22H23ClFN7O2/c23-16-9-14(3-6-17(16)24)28-21-20-18(26-12-27-21)10-25-22(30-20)29-13-1-4-15(5-2-13)31-7-8-33-19(32)11-31/h3,6,9-10,12-13,15H,1-2,4-5,7-8,11H2,(H,25,29,30)(H,26,27,28). The molecule has 0 bridgehead atoms. The number of fused-ring (bicyclic) bond motifs is 1. The maximum atomic E-state index is 13.5. The zero-order valence-corrected chi connectivity index (χ0v) is 18.6. The van der Waals surface area contributed by atoms with Crippen LogP contribution in [0.4, 0.5) is 21.8 Å². The van der Waals surface area contributed by atoms with Crippen LogP contribution >= 0.6 is 11.6 Å². The molecule has 0 amide bonds. The Labute approximate surface area is 194 Å². The van der Waals surface area contributed by atoms with Crippen molar-refractivity contribution in [1.82, 2.24) is 24.8 Å². The Balaban J connectivity index is 1.27. The van der Waals surface area contributed by atoms with Gasteiger partial charge in [-0.1, -0.05) is 11.6 Å². The summed E-state index contributed by atoms with van der Waals surface area (Å²) in [6.07, 6.45) is 6.99. The lowest BCUT2D eigenvalue weighted by molar-refractivity contribution is -0.152. The van der Waals surface area contributed by atoms with Crippen molar-refractivity contribution in [3.8, 4) is 0 Å². The van der Waals surface area contributed by atoms with Gasteiger partial charge >= 0.3 is 5.97 Å². The molecular weight excluding hydrogens is 449 g/mol. The molecule has 9 nitrogen and oxygen atoms in total. The number of benzene rings is 1. The fraction of sp³-hybridized carbons (Fsp3) is 0.409. The highest BCUT2D eigenvalue weighted by Crippen LogP contribution is 2.28. The number of carbonyl (C=O) groups excluding carboxylic acids is 1. The molecule has 0 radical (unpaired) electrons. The molecule has 1 saturated carbocycles. The molecule has 5 rings (SSSR count). The van der Waals surface area contributed by atoms with Crippen LogP contribution < -0.4 is 10.6 Å². The monoisotopic (exact) mass is 471 g/mol. The van der Waals surface area contributed by atoms with Gasteiger partial charge in [0.2, 0.25) is 5.95 Å². The molecule has 1 aliphatic carbocycles. The van der Waals surface area contributed by atoms with Crippen molar-refractivity contribution in [2.24, 2.45) is 0 Å². The number of hydrogen-bond donors (Lipinski definition) is 2. The van der Waals surface area contributed by atoms with E-state index in [1.807, 2.05) is 0 Å². The third-order valence-corrected chi connectivity index (χ3v) is 6.37. The molecule has 2 aliphatic rings. The van der Waals surface area contributed by atoms with Crippen LogP contribution in [0.5, 0.6) is 0 Å². The summed E-state index contributed by atoms with van der Waals surface area (Å²) in [5.74, 6) is 0.357. The first kappa shape index (κ1) is 21.7. The molecule has 1 aromatic carbocycles. The largest absolute Gasteiger partial charge is 0.463 e. The number of nitrogens with zero attached hydrogens (tertiary/aromatic N) is 5. The van der Waals surface area contributed by atoms with E-state index in [1.165, 1.54) is 18.5 Å². The predicted molar refractivity (Wildman–Crippen MR) is 122 cm³/mol. The lowest BCUT2D eigenvalue weighted by Gasteiger charge is -2.38. The maximum absolute atomic E-state index is 13.5. The van der Waals surface area contributed by atoms with Crippen LogP contribution in [-0.4, -0.2) is 62.6 Å². The highest BCUT2D eigenvalue weighted by molar-refractivity contribution is 6.31. The van der Waals surface area contributed by atoms with Gasteiger partial charge in [-0.15, -0.1) is 0 Å². The Kier molecular flexibility index (Phi) is 6.19. The Bertz CT molecular complexity index is 1170. The zero-order valence-electron chi connectivity index (χ0n) is 17.8. The second-order valence-electron chi connectivity index (χ2n) is 8.24. The average Bonchev–Trinajstić information content (AvgIpc) is 2.82. The average molecular weight is 472 g/mol. The molecule has 1 aliphatic heterocycles. The van der Waals surface area contributed by atoms with Crippen molar-refractivity contribution in [1.29, 1.82) is 0 Å². The normalized spacial score (nSPS) is 21.6. The Hall–Kier alpha value is -3.11. The smallest absolute Gasteiger partial charge is 0.320 e. The minimum Gasteiger partial charge on any atom is -0.463 e. The highest BCUT2D eigenvalue weighted by Gasteiger charge is 2.29. The van der Waals surface area contributed by atoms with E-state index in [4.69, 9.17) is 16.3 Å². The number of anilines is 3. The van der Waals surface area contributed by atoms with E-state index in [0.29, 0.717) is 47.7 Å². The van der Waals surface area contributed by atoms with E-state index in [2.05, 4.69) is 35.5 Å². The van der Waals surface area contributed by atoms with Gasteiger partial charge in [0.15, 0.2) is 5.82 Å². The van der Waals surface area contributed by atoms with Crippen LogP contribution in [0, 0.1) is 5.82 Å². The number of halogens is 2. The second-order valence-corrected chi connectivity index (χ2v) is 8.65. The number of nitrogens with one attached hydrogen (secondary N) is 2. The van der Waals surface area contributed by atoms with E-state index < -0.39 is 5.82 Å². The van der Waals surface area contributed by atoms with Gasteiger partial charge in [-0.05, 0) is 43.9 Å². The number of carbonyl (C=O) groups is 1. The van der Waals surface area contributed by atoms with Gasteiger partial charge in [0.05, 0.1) is 17.8 Å². The van der Waals surface area contributed by atoms with Crippen LogP contribution in [0.2, 0.25) is 5.02 Å². The molecule has 11 heteroatoms. The third-order valence-electron chi connectivity index (χ3n) is 6.08. The predicted octanol–water partition coefficient (Wildman–Crippen LogP) is 3.54. The summed E-state index contributed by atoms with van der Waals surface area (Å²) in [6.45, 7) is 1.66. The number of hydrogen-bond acceptors (Lipinski definition) is 9. The van der Waals surface area contributed by atoms with Crippen molar-refractivity contribution < 1.29 is 13.9 Å². The fourth-order valence-electron chi connectivity index (χ4n) is 4.37. The Morgan fingerprint density at radius 3 is 2.79 bits per heavy atom. The molecule has 33 heavy (non-hydrogen) atoms. The third kappa shape index (κ3) is 4.96. The number of cyclic esters (lactones) is 1. The van der Waals surface area contributed by atoms with Crippen molar-refractivity contribution in [2.75, 3.05) is 30.3 Å². The topological polar surface area (TPSA) is 105 Å². The summed E-state index contributed by atoms with van der Waals surface area (Å²) in [6, 6.07) is 5.01. The first-order chi connectivity index (χ1) is 16.0. The molecule has 2 fully saturated rings. The lowest BCUT2D eigenvalue weighted by Crippen LogP contribution is -2.48. The molecule has 3 aromatic rings. The molecule has 0 atom stereocenters. The number of morpholine rings is 1. The SMILES string of the molecule is O=C1CN(C2CCC(Nc3ncc4ncnc(Nc5ccc(F)c(Cl)c5)c4n3)CC2)CCO1. The molecule has 0 unspecified atom stereocenters. The van der Waals surface area contributed by atoms with Gasteiger partial charge in [0.25, 0.3) is 0 Å². The Morgan fingerprint density at radius 2 is 2.00 bits per heavy atom. The van der Waals surface area contributed by atoms with Crippen LogP contribution in [-0.2, 0) is 9.53 Å². The molecule has 2 aromatic heterocycles. The summed E-state index contributed by atoms with van der Waals surface area (Å²) in [5, 5.41) is 6.58. The van der Waals surface area contributed by atoms with Gasteiger partial charge in [-0.25, -0.2) is 24.3 Å². The molecular formula is C22H23ClFN7O2. The zero-order chi connectivity index (χ0) is 22.8. The summed E-state index contributed by atoms with van der Waals surface area (Å²) in [5.41, 5.74) is 1.73. The maximum Gasteiger partial charge on any atom is 0.320 e. The molecule has 3 heterocycles. The summed E-state index contributed by atoms with van der Waals surface area (Å²) in [7, 11) is 0. The van der Waals surface area contributed by atoms with Crippen LogP contribution in [0.15, 0.2) is 30.7 Å². The van der Waals surface area contributed by atoms with E-state index in [9.17, 15) is 9.18 Å². The van der Waals surface area contributed by atoms with E-state index in [1.54, 1.807) is 12.3 Å². The highest BCUT2D eigenvalue weighted by atomic mass is 35.5. The van der Waals surface area contributed by atoms with Gasteiger partial charge in [0, 0.05) is 24.3 Å². The minimum atomic E-state index is -0.487. The van der Waals surface area contributed by atoms with Gasteiger partial charge < -0.3 is 15.4 Å². The lowest BCUT2D eigenvalue weighted by atomic mass is 9.90. The number of aromatic nitrogens is 4. The number of esters is 1. The van der Waals surface area contributed by atoms with Crippen molar-refractivity contribution in [2.45, 2.75) is 37.8 Å². The van der Waals surface area contributed by atoms with Crippen LogP contribution in [0.3, 0.4) is 0 Å². The van der Waals surface area contributed by atoms with Crippen molar-refractivity contribution in [3.63, 3.8) is 0 Å². The summed E-state index contributed by atoms with van der Waals surface area (Å²) >= 11 is 5.89. The molecule has 1 saturated heterocycles. The van der Waals surface area contributed by atoms with E-state index >= 15 is 0 Å². The first-order valence-corrected chi connectivity index (χ1v) is 11.3. The quantitative estimate of drug-likeness (QED) is 0.540. The molecule has 2 N–H and O–H groups in total. The summed E-state index contributed by atoms with van der Waals surface area (Å²) < 4.78 is 18.5. The second kappa shape index (κ2) is 9.40. The number of ether oxygens (including phenoxy) is 1. The van der Waals surface area contributed by atoms with Gasteiger partial charge in [-0.2, -0.15) is 0 Å². The van der Waals surface area contributed by atoms with E-state index in [0.717, 1.165) is 32.2 Å². The fourth-order valence-corrected chi connectivity index (χ4v) is 4.55. The number of rotatable bonds is 5. The minimum absolute atomic E-state index is 0.0207. The van der Waals surface area contributed by atoms with E-state index in [-0.39, 0.29) is 17.0 Å². The van der Waals surface area contributed by atoms with Crippen molar-refractivity contribution in [3.05, 3.63) is 41.6 Å². The molecule has 172 valence electrons. The van der Waals surface area contributed by atoms with Crippen LogP contribution in [0.25, 0.3) is 11.0 Å². The Morgan fingerprint density at radius 1 is 1.15 bits per heavy atom. The molecule has 0 spiro atoms. The van der Waals surface area contributed by atoms with Gasteiger partial charge in [-0.3, -0.25) is 9.69 Å². The van der Waals surface area contributed by atoms with Crippen molar-refractivity contribution >= 4 is 46.1 Å². The van der Waals surface area contributed by atoms with Gasteiger partial charge in [0.1, 0.15) is 29.8 Å². The van der Waals surface area contributed by atoms with Crippen LogP contribution in [0.1, 0.15) is 25.7 Å². The first-order valence-electron chi connectivity index (χ1n) is 10.9. The summed E-state index contributed by atoms with van der Waals surface area (Å²) in [4.78, 5) is 31.4.